The molecule has 1 saturated heterocycles. The van der Waals surface area contributed by atoms with Gasteiger partial charge in [0, 0.05) is 6.20 Å². The van der Waals surface area contributed by atoms with Gasteiger partial charge < -0.3 is 4.90 Å². The summed E-state index contributed by atoms with van der Waals surface area (Å²) in [6.07, 6.45) is 7.97. The zero-order valence-electron chi connectivity index (χ0n) is 23.1. The van der Waals surface area contributed by atoms with Crippen LogP contribution in [0, 0.1) is 44.8 Å². The number of nitrogens with zero attached hydrogens (tertiary/aromatic N) is 5. The van der Waals surface area contributed by atoms with Gasteiger partial charge in [-0.05, 0) is 82.1 Å². The largest absolute Gasteiger partial charge is 0.306 e. The summed E-state index contributed by atoms with van der Waals surface area (Å²) in [6.45, 7) is 9.62. The minimum atomic E-state index is -1.63. The second kappa shape index (κ2) is 12.1. The number of rotatable bonds is 7. The number of hydrogen-bond acceptors (Lipinski definition) is 8. The molecule has 3 heterocycles. The van der Waals surface area contributed by atoms with Crippen LogP contribution in [0.4, 0.5) is 0 Å². The molecular formula is C28H35ClN8OS2. The van der Waals surface area contributed by atoms with E-state index in [0.717, 1.165) is 43.3 Å². The van der Waals surface area contributed by atoms with Gasteiger partial charge in [0.25, 0.3) is 0 Å². The van der Waals surface area contributed by atoms with Gasteiger partial charge in [0.2, 0.25) is 0 Å². The predicted molar refractivity (Wildman–Crippen MR) is 161 cm³/mol. The van der Waals surface area contributed by atoms with E-state index in [0.29, 0.717) is 42.0 Å². The SMILES string of the molecule is C=CC(C)C.CN1CCC(c2cc(S(=O)NC3(C#N)CC3)cn3c(C(=N)SC(=N)C4(C#N)CC4)nc(Cl)c23)CC1. The van der Waals surface area contributed by atoms with E-state index >= 15 is 0 Å². The average Bonchev–Trinajstić information content (AvgIpc) is 3.87. The highest BCUT2D eigenvalue weighted by molar-refractivity contribution is 8.26. The maximum absolute atomic E-state index is 13.3. The fraction of sp³-hybridized carbons (Fsp3) is 0.536. The highest BCUT2D eigenvalue weighted by Gasteiger charge is 2.48. The van der Waals surface area contributed by atoms with E-state index in [9.17, 15) is 14.7 Å². The number of fused-ring (bicyclic) bond motifs is 1. The summed E-state index contributed by atoms with van der Waals surface area (Å²) in [5, 5.41) is 36.3. The van der Waals surface area contributed by atoms with Crippen molar-refractivity contribution in [3.8, 4) is 12.1 Å². The Balaban J connectivity index is 0.000000681. The quantitative estimate of drug-likeness (QED) is 0.214. The number of piperidine rings is 1. The molecule has 40 heavy (non-hydrogen) atoms. The first-order valence-electron chi connectivity index (χ1n) is 13.4. The number of hydrogen-bond donors (Lipinski definition) is 3. The van der Waals surface area contributed by atoms with Gasteiger partial charge in [0.05, 0.1) is 27.6 Å². The van der Waals surface area contributed by atoms with Gasteiger partial charge >= 0.3 is 0 Å². The monoisotopic (exact) mass is 598 g/mol. The maximum Gasteiger partial charge on any atom is 0.171 e. The zero-order chi connectivity index (χ0) is 29.2. The Kier molecular flexibility index (Phi) is 9.23. The summed E-state index contributed by atoms with van der Waals surface area (Å²) in [6, 6.07) is 6.30. The molecule has 0 amide bonds. The third kappa shape index (κ3) is 6.50. The highest BCUT2D eigenvalue weighted by atomic mass is 35.5. The van der Waals surface area contributed by atoms with E-state index < -0.39 is 21.9 Å². The Morgan fingerprint density at radius 3 is 2.40 bits per heavy atom. The van der Waals surface area contributed by atoms with Crippen molar-refractivity contribution in [3.05, 3.63) is 41.5 Å². The van der Waals surface area contributed by atoms with Crippen LogP contribution >= 0.6 is 23.4 Å². The van der Waals surface area contributed by atoms with Crippen LogP contribution in [0.25, 0.3) is 5.52 Å². The summed E-state index contributed by atoms with van der Waals surface area (Å²) >= 11 is 7.54. The lowest BCUT2D eigenvalue weighted by atomic mass is 9.89. The second-order valence-electron chi connectivity index (χ2n) is 11.2. The van der Waals surface area contributed by atoms with Crippen LogP contribution < -0.4 is 4.72 Å². The van der Waals surface area contributed by atoms with E-state index in [4.69, 9.17) is 22.4 Å². The van der Waals surface area contributed by atoms with Crippen LogP contribution in [0.15, 0.2) is 29.8 Å². The molecule has 3 aliphatic rings. The number of allylic oxidation sites excluding steroid dienone is 1. The van der Waals surface area contributed by atoms with Crippen LogP contribution in [0.3, 0.4) is 0 Å². The summed E-state index contributed by atoms with van der Waals surface area (Å²) in [5.41, 5.74) is 0.0623. The number of aromatic nitrogens is 2. The minimum absolute atomic E-state index is 0.0133. The Labute approximate surface area is 247 Å². The predicted octanol–water partition coefficient (Wildman–Crippen LogP) is 5.63. The van der Waals surface area contributed by atoms with Crippen molar-refractivity contribution < 1.29 is 4.21 Å². The van der Waals surface area contributed by atoms with Crippen molar-refractivity contribution in [2.75, 3.05) is 20.1 Å². The highest BCUT2D eigenvalue weighted by Crippen LogP contribution is 2.49. The fourth-order valence-corrected chi connectivity index (χ4v) is 6.75. The van der Waals surface area contributed by atoms with Crippen molar-refractivity contribution in [2.24, 2.45) is 11.3 Å². The van der Waals surface area contributed by atoms with Gasteiger partial charge in [0.1, 0.15) is 27.0 Å². The number of imidazole rings is 1. The third-order valence-electron chi connectivity index (χ3n) is 7.60. The summed E-state index contributed by atoms with van der Waals surface area (Å²) in [4.78, 5) is 7.23. The molecule has 1 atom stereocenters. The molecule has 0 bridgehead atoms. The number of nitriles is 2. The maximum atomic E-state index is 13.3. The van der Waals surface area contributed by atoms with Gasteiger partial charge in [-0.1, -0.05) is 43.3 Å². The Bertz CT molecular complexity index is 1440. The molecule has 0 radical (unpaired) electrons. The number of thioether (sulfide) groups is 1. The number of nitrogens with one attached hydrogen (secondary N) is 3. The molecule has 3 fully saturated rings. The lowest BCUT2D eigenvalue weighted by molar-refractivity contribution is 0.255. The Morgan fingerprint density at radius 2 is 1.90 bits per heavy atom. The van der Waals surface area contributed by atoms with Gasteiger partial charge in [0.15, 0.2) is 11.0 Å². The Hall–Kier alpha value is -2.54. The number of pyridine rings is 1. The molecule has 0 spiro atoms. The van der Waals surface area contributed by atoms with Crippen molar-refractivity contribution in [1.29, 1.82) is 21.3 Å². The molecule has 2 aliphatic carbocycles. The summed E-state index contributed by atoms with van der Waals surface area (Å²) in [5.74, 6) is 1.09. The summed E-state index contributed by atoms with van der Waals surface area (Å²) in [7, 11) is 0.453. The lowest BCUT2D eigenvalue weighted by Gasteiger charge is -2.30. The van der Waals surface area contributed by atoms with Crippen LogP contribution in [0.2, 0.25) is 5.15 Å². The van der Waals surface area contributed by atoms with Gasteiger partial charge in [-0.15, -0.1) is 6.58 Å². The van der Waals surface area contributed by atoms with Crippen molar-refractivity contribution in [3.63, 3.8) is 0 Å². The molecule has 1 unspecified atom stereocenters. The van der Waals surface area contributed by atoms with Crippen molar-refractivity contribution in [1.82, 2.24) is 19.0 Å². The molecule has 0 aromatic carbocycles. The van der Waals surface area contributed by atoms with Crippen LogP contribution in [-0.2, 0) is 11.0 Å². The molecule has 212 valence electrons. The second-order valence-corrected chi connectivity index (χ2v) is 13.7. The minimum Gasteiger partial charge on any atom is -0.306 e. The fourth-order valence-electron chi connectivity index (χ4n) is 4.43. The first kappa shape index (κ1) is 30.4. The van der Waals surface area contributed by atoms with Gasteiger partial charge in [-0.3, -0.25) is 15.2 Å². The zero-order valence-corrected chi connectivity index (χ0v) is 25.5. The molecule has 2 aromatic heterocycles. The van der Waals surface area contributed by atoms with Crippen LogP contribution in [-0.4, -0.2) is 54.3 Å². The molecule has 2 aromatic rings. The number of halogens is 1. The first-order valence-corrected chi connectivity index (χ1v) is 15.7. The lowest BCUT2D eigenvalue weighted by Crippen LogP contribution is -2.32. The molecule has 3 N–H and O–H groups in total. The van der Waals surface area contributed by atoms with E-state index in [2.05, 4.69) is 54.2 Å². The molecule has 2 saturated carbocycles. The van der Waals surface area contributed by atoms with Gasteiger partial charge in [-0.25, -0.2) is 13.9 Å². The van der Waals surface area contributed by atoms with Crippen LogP contribution in [0.1, 0.15) is 69.7 Å². The Morgan fingerprint density at radius 1 is 1.27 bits per heavy atom. The third-order valence-corrected chi connectivity index (χ3v) is 10.1. The molecule has 9 nitrogen and oxygen atoms in total. The van der Waals surface area contributed by atoms with E-state index in [1.54, 1.807) is 10.6 Å². The molecule has 12 heteroatoms. The number of likely N-dealkylation sites (tertiary alicyclic amines) is 1. The van der Waals surface area contributed by atoms with Crippen molar-refractivity contribution in [2.45, 2.75) is 68.7 Å². The van der Waals surface area contributed by atoms with E-state index in [-0.39, 0.29) is 27.0 Å². The standard InChI is InChI=1S/C23H25ClN8OS2.C5H10/c1-31-8-2-14(3-9-31)16-10-15(35(33)30-23(13-26)6-7-23)11-32-17(16)18(24)29-20(32)19(27)34-21(28)22(12-25)4-5-22;1-4-5(2)3/h10-11,14,27-28,30H,2-9H2,1H3;4-5H,1H2,2-3H3. The van der Waals surface area contributed by atoms with E-state index in [1.807, 2.05) is 12.1 Å². The van der Waals surface area contributed by atoms with E-state index in [1.165, 1.54) is 0 Å². The van der Waals surface area contributed by atoms with Crippen molar-refractivity contribution >= 4 is 50.0 Å². The first-order chi connectivity index (χ1) is 19.0. The van der Waals surface area contributed by atoms with Crippen LogP contribution in [0.5, 0.6) is 0 Å². The topological polar surface area (TPSA) is 145 Å². The summed E-state index contributed by atoms with van der Waals surface area (Å²) < 4.78 is 17.9. The smallest absolute Gasteiger partial charge is 0.171 e. The molecule has 1 aliphatic heterocycles. The molecular weight excluding hydrogens is 564 g/mol. The van der Waals surface area contributed by atoms with Gasteiger partial charge in [-0.2, -0.15) is 10.5 Å². The normalized spacial score (nSPS) is 20.1. The average molecular weight is 599 g/mol. The molecule has 5 rings (SSSR count).